The molecule has 0 amide bonds. The van der Waals surface area contributed by atoms with Gasteiger partial charge in [0.25, 0.3) is 0 Å². The fraction of sp³-hybridized carbons (Fsp3) is 0.250. The minimum Gasteiger partial charge on any atom is -0.351 e. The molecule has 2 aromatic rings. The number of rotatable bonds is 1. The molecule has 3 heterocycles. The zero-order valence-corrected chi connectivity index (χ0v) is 11.4. The summed E-state index contributed by atoms with van der Waals surface area (Å²) in [6, 6.07) is 4.14. The van der Waals surface area contributed by atoms with Crippen molar-refractivity contribution in [3.05, 3.63) is 19.7 Å². The summed E-state index contributed by atoms with van der Waals surface area (Å²) in [6.45, 7) is 2.23. The Morgan fingerprint density at radius 1 is 1.21 bits per heavy atom. The van der Waals surface area contributed by atoms with Crippen LogP contribution in [-0.2, 0) is 0 Å². The fourth-order valence-electron chi connectivity index (χ4n) is 1.42. The molecule has 0 bridgehead atoms. The number of aromatic nitrogens is 3. The fourth-order valence-corrected chi connectivity index (χ4v) is 2.41. The number of halogens is 2. The van der Waals surface area contributed by atoms with E-state index in [2.05, 4.69) is 72.3 Å². The Balaban J connectivity index is 2.35. The second-order valence-corrected chi connectivity index (χ2v) is 5.21. The maximum Gasteiger partial charge on any atom is 0.212 e. The Morgan fingerprint density at radius 2 is 2.00 bits per heavy atom. The largest absolute Gasteiger partial charge is 0.351 e. The van der Waals surface area contributed by atoms with Crippen LogP contribution < -0.4 is 4.90 Å². The van der Waals surface area contributed by atoms with E-state index >= 15 is 0 Å². The van der Waals surface area contributed by atoms with Gasteiger partial charge in [-0.05, 0) is 34.7 Å². The van der Waals surface area contributed by atoms with Gasteiger partial charge >= 0.3 is 0 Å². The molecule has 3 rings (SSSR count). The molecule has 0 aliphatic carbocycles. The van der Waals surface area contributed by atoms with Crippen molar-refractivity contribution in [2.24, 2.45) is 0 Å². The smallest absolute Gasteiger partial charge is 0.212 e. The van der Waals surface area contributed by atoms with Gasteiger partial charge in [0.2, 0.25) is 3.83 Å². The molecule has 14 heavy (non-hydrogen) atoms. The van der Waals surface area contributed by atoms with E-state index in [4.69, 9.17) is 0 Å². The summed E-state index contributed by atoms with van der Waals surface area (Å²) in [5, 5.41) is 4.36. The van der Waals surface area contributed by atoms with Crippen LogP contribution in [-0.4, -0.2) is 27.7 Å². The van der Waals surface area contributed by atoms with Crippen LogP contribution in [0.5, 0.6) is 0 Å². The molecule has 1 aliphatic rings. The number of hydrogen-bond donors (Lipinski definition) is 0. The van der Waals surface area contributed by atoms with Crippen molar-refractivity contribution in [3.8, 4) is 0 Å². The average Bonchev–Trinajstić information content (AvgIpc) is 2.93. The Labute approximate surface area is 108 Å². The first kappa shape index (κ1) is 9.13. The minimum atomic E-state index is 0.797. The highest BCUT2D eigenvalue weighted by Gasteiger charge is 2.23. The number of hydrogen-bond acceptors (Lipinski definition) is 3. The normalized spacial score (nSPS) is 15.1. The topological polar surface area (TPSA) is 33.2 Å². The summed E-state index contributed by atoms with van der Waals surface area (Å²) in [6.07, 6.45) is 0. The third-order valence-corrected chi connectivity index (χ3v) is 3.44. The molecular formula is C8H6I2N4. The molecular weight excluding hydrogens is 406 g/mol. The average molecular weight is 412 g/mol. The van der Waals surface area contributed by atoms with E-state index in [1.54, 1.807) is 0 Å². The van der Waals surface area contributed by atoms with Gasteiger partial charge in [-0.25, -0.2) is 9.50 Å². The molecule has 1 saturated heterocycles. The molecule has 4 nitrogen and oxygen atoms in total. The van der Waals surface area contributed by atoms with Crippen LogP contribution in [0.2, 0.25) is 0 Å². The van der Waals surface area contributed by atoms with Crippen molar-refractivity contribution in [2.45, 2.75) is 0 Å². The van der Waals surface area contributed by atoms with Crippen molar-refractivity contribution in [2.75, 3.05) is 18.0 Å². The summed E-state index contributed by atoms with van der Waals surface area (Å²) < 4.78 is 3.87. The SMILES string of the molecule is Ic1nc(N2CC2)c2ccc(I)n2n1. The molecule has 0 aromatic carbocycles. The van der Waals surface area contributed by atoms with Gasteiger partial charge in [-0.1, -0.05) is 0 Å². The summed E-state index contributed by atoms with van der Waals surface area (Å²) in [4.78, 5) is 6.70. The van der Waals surface area contributed by atoms with Crippen LogP contribution >= 0.6 is 45.2 Å². The van der Waals surface area contributed by atoms with E-state index in [-0.39, 0.29) is 0 Å². The molecule has 6 heteroatoms. The molecule has 72 valence electrons. The van der Waals surface area contributed by atoms with Crippen LogP contribution in [0.4, 0.5) is 5.82 Å². The Kier molecular flexibility index (Phi) is 2.08. The van der Waals surface area contributed by atoms with Crippen molar-refractivity contribution < 1.29 is 0 Å². The standard InChI is InChI=1S/C8H6I2N4/c9-6-2-1-5-7(13-3-4-13)11-8(10)12-14(5)6/h1-2H,3-4H2. The number of fused-ring (bicyclic) bond motifs is 1. The van der Waals surface area contributed by atoms with Crippen LogP contribution in [0.25, 0.3) is 5.52 Å². The number of nitrogens with zero attached hydrogens (tertiary/aromatic N) is 4. The lowest BCUT2D eigenvalue weighted by Gasteiger charge is -2.05. The summed E-state index contributed by atoms with van der Waals surface area (Å²) >= 11 is 4.44. The van der Waals surface area contributed by atoms with Gasteiger partial charge in [-0.2, -0.15) is 0 Å². The van der Waals surface area contributed by atoms with Crippen molar-refractivity contribution in [3.63, 3.8) is 0 Å². The molecule has 1 aliphatic heterocycles. The van der Waals surface area contributed by atoms with E-state index in [1.165, 1.54) is 0 Å². The van der Waals surface area contributed by atoms with Crippen LogP contribution in [0.1, 0.15) is 0 Å². The van der Waals surface area contributed by atoms with Gasteiger partial charge in [0.1, 0.15) is 9.22 Å². The van der Waals surface area contributed by atoms with Gasteiger partial charge in [0, 0.05) is 35.7 Å². The molecule has 2 aromatic heterocycles. The summed E-state index contributed by atoms with van der Waals surface area (Å²) in [7, 11) is 0. The maximum atomic E-state index is 4.45. The Morgan fingerprint density at radius 3 is 2.71 bits per heavy atom. The first-order valence-corrected chi connectivity index (χ1v) is 6.37. The summed E-state index contributed by atoms with van der Waals surface area (Å²) in [5.41, 5.74) is 1.10. The predicted octanol–water partition coefficient (Wildman–Crippen LogP) is 1.76. The van der Waals surface area contributed by atoms with E-state index < -0.39 is 0 Å². The first-order valence-electron chi connectivity index (χ1n) is 4.21. The highest BCUT2D eigenvalue weighted by atomic mass is 127. The molecule has 0 spiro atoms. The van der Waals surface area contributed by atoms with Gasteiger partial charge in [-0.15, -0.1) is 5.10 Å². The third-order valence-electron chi connectivity index (χ3n) is 2.17. The van der Waals surface area contributed by atoms with Gasteiger partial charge in [-0.3, -0.25) is 0 Å². The predicted molar refractivity (Wildman–Crippen MR) is 70.6 cm³/mol. The first-order chi connectivity index (χ1) is 6.75. The highest BCUT2D eigenvalue weighted by molar-refractivity contribution is 14.1. The highest BCUT2D eigenvalue weighted by Crippen LogP contribution is 2.26. The zero-order valence-electron chi connectivity index (χ0n) is 7.11. The van der Waals surface area contributed by atoms with Crippen LogP contribution in [0, 0.1) is 7.53 Å². The lowest BCUT2D eigenvalue weighted by molar-refractivity contribution is 0.853. The van der Waals surface area contributed by atoms with E-state index in [9.17, 15) is 0 Å². The van der Waals surface area contributed by atoms with E-state index in [1.807, 2.05) is 4.52 Å². The van der Waals surface area contributed by atoms with Crippen LogP contribution in [0.15, 0.2) is 12.1 Å². The lowest BCUT2D eigenvalue weighted by Crippen LogP contribution is -2.05. The maximum absolute atomic E-state index is 4.45. The summed E-state index contributed by atoms with van der Waals surface area (Å²) in [5.74, 6) is 1.06. The van der Waals surface area contributed by atoms with Gasteiger partial charge in [0.15, 0.2) is 5.82 Å². The number of anilines is 1. The molecule has 0 N–H and O–H groups in total. The third kappa shape index (κ3) is 1.38. The van der Waals surface area contributed by atoms with Crippen molar-refractivity contribution in [1.82, 2.24) is 14.6 Å². The Bertz CT molecular complexity index is 503. The second-order valence-electron chi connectivity index (χ2n) is 3.14. The van der Waals surface area contributed by atoms with Crippen molar-refractivity contribution in [1.29, 1.82) is 0 Å². The zero-order chi connectivity index (χ0) is 9.71. The molecule has 0 unspecified atom stereocenters. The van der Waals surface area contributed by atoms with Gasteiger partial charge in [0.05, 0.1) is 0 Å². The molecule has 0 saturated carbocycles. The van der Waals surface area contributed by atoms with Gasteiger partial charge < -0.3 is 4.90 Å². The molecule has 1 fully saturated rings. The van der Waals surface area contributed by atoms with E-state index in [0.29, 0.717) is 0 Å². The Hall–Kier alpha value is -0.120. The lowest BCUT2D eigenvalue weighted by atomic mass is 10.5. The van der Waals surface area contributed by atoms with E-state index in [0.717, 1.165) is 32.0 Å². The molecule has 0 atom stereocenters. The minimum absolute atomic E-state index is 0.797. The van der Waals surface area contributed by atoms with Crippen molar-refractivity contribution >= 4 is 56.5 Å². The quantitative estimate of drug-likeness (QED) is 0.529. The second kappa shape index (κ2) is 3.19. The monoisotopic (exact) mass is 412 g/mol. The molecule has 0 radical (unpaired) electrons. The van der Waals surface area contributed by atoms with Crippen LogP contribution in [0.3, 0.4) is 0 Å².